The second kappa shape index (κ2) is 5.04. The molecule has 0 amide bonds. The van der Waals surface area contributed by atoms with E-state index in [1.54, 1.807) is 0 Å². The summed E-state index contributed by atoms with van der Waals surface area (Å²) in [4.78, 5) is 4.88. The van der Waals surface area contributed by atoms with Gasteiger partial charge in [-0.15, -0.1) is 0 Å². The average molecular weight is 184 g/mol. The number of nitrogens with zero attached hydrogens (tertiary/aromatic N) is 2. The van der Waals surface area contributed by atoms with E-state index in [4.69, 9.17) is 4.84 Å². The molecule has 0 aliphatic carbocycles. The van der Waals surface area contributed by atoms with Gasteiger partial charge in [0, 0.05) is 0 Å². The number of hydrazine groups is 1. The van der Waals surface area contributed by atoms with Crippen LogP contribution >= 0.6 is 0 Å². The molecular weight excluding hydrogens is 175 g/mol. The molecule has 0 saturated heterocycles. The standard InChI is InChI=1S/C7H9FN4O/c1-9-10-11-12-13-7-4-2-6(8)3-5-7/h2-5H,1H3,(H,9,11)(H,10,12). The Hall–Kier alpha value is -1.69. The minimum Gasteiger partial charge on any atom is -0.388 e. The Labute approximate surface area is 74.5 Å². The van der Waals surface area contributed by atoms with Gasteiger partial charge in [0.1, 0.15) is 11.6 Å². The molecule has 5 nitrogen and oxygen atoms in total. The lowest BCUT2D eigenvalue weighted by molar-refractivity contribution is 0.147. The van der Waals surface area contributed by atoms with Crippen molar-refractivity contribution in [1.29, 1.82) is 0 Å². The van der Waals surface area contributed by atoms with Crippen molar-refractivity contribution in [3.63, 3.8) is 0 Å². The molecule has 1 rings (SSSR count). The predicted molar refractivity (Wildman–Crippen MR) is 44.1 cm³/mol. The maximum Gasteiger partial charge on any atom is 0.149 e. The normalized spacial score (nSPS) is 10.3. The Balaban J connectivity index is 2.33. The second-order valence-corrected chi connectivity index (χ2v) is 2.07. The van der Waals surface area contributed by atoms with Crippen molar-refractivity contribution in [2.24, 2.45) is 10.3 Å². The molecule has 70 valence electrons. The van der Waals surface area contributed by atoms with Crippen molar-refractivity contribution in [3.05, 3.63) is 30.1 Å². The van der Waals surface area contributed by atoms with Crippen LogP contribution in [-0.2, 0) is 0 Å². The first-order chi connectivity index (χ1) is 6.33. The van der Waals surface area contributed by atoms with E-state index in [1.807, 2.05) is 0 Å². The third-order valence-electron chi connectivity index (χ3n) is 1.18. The van der Waals surface area contributed by atoms with E-state index in [1.165, 1.54) is 31.3 Å². The molecule has 0 unspecified atom stereocenters. The first-order valence-corrected chi connectivity index (χ1v) is 3.54. The molecule has 0 fully saturated rings. The number of hydrogen-bond donors (Lipinski definition) is 2. The van der Waals surface area contributed by atoms with Crippen molar-refractivity contribution >= 4 is 0 Å². The summed E-state index contributed by atoms with van der Waals surface area (Å²) in [7, 11) is 1.51. The summed E-state index contributed by atoms with van der Waals surface area (Å²) in [6.45, 7) is 0. The highest BCUT2D eigenvalue weighted by Gasteiger charge is 1.92. The van der Waals surface area contributed by atoms with Gasteiger partial charge in [0.15, 0.2) is 0 Å². The Bertz CT molecular complexity index is 274. The van der Waals surface area contributed by atoms with Gasteiger partial charge >= 0.3 is 0 Å². The van der Waals surface area contributed by atoms with Crippen LogP contribution in [-0.4, -0.2) is 7.05 Å². The average Bonchev–Trinajstić information content (AvgIpc) is 2.15. The lowest BCUT2D eigenvalue weighted by atomic mass is 10.3. The topological polar surface area (TPSA) is 58.0 Å². The second-order valence-electron chi connectivity index (χ2n) is 2.07. The number of hydrogen-bond acceptors (Lipinski definition) is 4. The fourth-order valence-electron chi connectivity index (χ4n) is 0.655. The zero-order valence-corrected chi connectivity index (χ0v) is 6.99. The zero-order valence-electron chi connectivity index (χ0n) is 6.99. The van der Waals surface area contributed by atoms with Crippen molar-refractivity contribution < 1.29 is 9.23 Å². The van der Waals surface area contributed by atoms with Gasteiger partial charge < -0.3 is 4.84 Å². The van der Waals surface area contributed by atoms with Gasteiger partial charge in [0.25, 0.3) is 0 Å². The third kappa shape index (κ3) is 3.48. The van der Waals surface area contributed by atoms with E-state index in [-0.39, 0.29) is 5.82 Å². The third-order valence-corrected chi connectivity index (χ3v) is 1.18. The van der Waals surface area contributed by atoms with Crippen LogP contribution < -0.4 is 16.0 Å². The first kappa shape index (κ1) is 9.40. The summed E-state index contributed by atoms with van der Waals surface area (Å²) in [6.07, 6.45) is 0. The lowest BCUT2D eigenvalue weighted by Crippen LogP contribution is -2.29. The van der Waals surface area contributed by atoms with Gasteiger partial charge in [-0.1, -0.05) is 5.22 Å². The lowest BCUT2D eigenvalue weighted by Gasteiger charge is -2.03. The highest BCUT2D eigenvalue weighted by Crippen LogP contribution is 2.08. The van der Waals surface area contributed by atoms with Crippen LogP contribution in [0, 0.1) is 5.82 Å². The first-order valence-electron chi connectivity index (χ1n) is 3.54. The van der Waals surface area contributed by atoms with Crippen molar-refractivity contribution in [1.82, 2.24) is 11.1 Å². The Morgan fingerprint density at radius 1 is 1.31 bits per heavy atom. The minimum atomic E-state index is -0.312. The fraction of sp³-hybridized carbons (Fsp3) is 0.143. The van der Waals surface area contributed by atoms with Crippen LogP contribution in [0.2, 0.25) is 0 Å². The van der Waals surface area contributed by atoms with Crippen molar-refractivity contribution in [2.75, 3.05) is 7.05 Å². The van der Waals surface area contributed by atoms with Gasteiger partial charge in [0.2, 0.25) is 0 Å². The molecule has 0 aromatic heterocycles. The molecule has 0 aliphatic heterocycles. The summed E-state index contributed by atoms with van der Waals surface area (Å²) in [5, 5.41) is 6.76. The molecule has 1 aromatic rings. The highest BCUT2D eigenvalue weighted by molar-refractivity contribution is 5.21. The monoisotopic (exact) mass is 184 g/mol. The summed E-state index contributed by atoms with van der Waals surface area (Å²) < 4.78 is 12.4. The summed E-state index contributed by atoms with van der Waals surface area (Å²) in [5.41, 5.74) is 4.58. The number of rotatable bonds is 4. The number of halogens is 1. The molecular formula is C7H9FN4O. The number of nitrogens with one attached hydrogen (secondary N) is 2. The van der Waals surface area contributed by atoms with Crippen LogP contribution in [0.15, 0.2) is 34.6 Å². The summed E-state index contributed by atoms with van der Waals surface area (Å²) >= 11 is 0. The van der Waals surface area contributed by atoms with Gasteiger partial charge in [-0.2, -0.15) is 10.6 Å². The quantitative estimate of drug-likeness (QED) is 0.420. The Kier molecular flexibility index (Phi) is 3.65. The van der Waals surface area contributed by atoms with Crippen LogP contribution in [0.4, 0.5) is 4.39 Å². The van der Waals surface area contributed by atoms with E-state index in [0.29, 0.717) is 5.75 Å². The molecule has 1 aromatic carbocycles. The number of benzene rings is 1. The van der Waals surface area contributed by atoms with Crippen molar-refractivity contribution in [3.8, 4) is 5.75 Å². The molecule has 0 saturated carbocycles. The van der Waals surface area contributed by atoms with E-state index in [2.05, 4.69) is 21.5 Å². The molecule has 13 heavy (non-hydrogen) atoms. The van der Waals surface area contributed by atoms with E-state index in [9.17, 15) is 4.39 Å². The van der Waals surface area contributed by atoms with Crippen LogP contribution in [0.25, 0.3) is 0 Å². The van der Waals surface area contributed by atoms with Crippen molar-refractivity contribution in [2.45, 2.75) is 0 Å². The minimum absolute atomic E-state index is 0.312. The van der Waals surface area contributed by atoms with Gasteiger partial charge in [-0.05, 0) is 29.9 Å². The molecule has 0 atom stereocenters. The highest BCUT2D eigenvalue weighted by atomic mass is 19.1. The van der Waals surface area contributed by atoms with Gasteiger partial charge in [-0.3, -0.25) is 0 Å². The zero-order chi connectivity index (χ0) is 9.52. The van der Waals surface area contributed by atoms with E-state index >= 15 is 0 Å². The Morgan fingerprint density at radius 3 is 2.62 bits per heavy atom. The molecule has 0 spiro atoms. The van der Waals surface area contributed by atoms with E-state index < -0.39 is 0 Å². The van der Waals surface area contributed by atoms with Crippen LogP contribution in [0.5, 0.6) is 5.75 Å². The fourth-order valence-corrected chi connectivity index (χ4v) is 0.655. The molecule has 0 radical (unpaired) electrons. The largest absolute Gasteiger partial charge is 0.388 e. The van der Waals surface area contributed by atoms with Gasteiger partial charge in [0.05, 0.1) is 7.05 Å². The van der Waals surface area contributed by atoms with Crippen LogP contribution in [0.3, 0.4) is 0 Å². The maximum absolute atomic E-state index is 12.4. The van der Waals surface area contributed by atoms with Crippen LogP contribution in [0.1, 0.15) is 0 Å². The van der Waals surface area contributed by atoms with E-state index in [0.717, 1.165) is 0 Å². The maximum atomic E-state index is 12.4. The molecule has 0 bridgehead atoms. The Morgan fingerprint density at radius 2 is 2.00 bits per heavy atom. The summed E-state index contributed by atoms with van der Waals surface area (Å²) in [6, 6.07) is 5.54. The van der Waals surface area contributed by atoms with Gasteiger partial charge in [-0.25, -0.2) is 4.39 Å². The smallest absolute Gasteiger partial charge is 0.149 e. The predicted octanol–water partition coefficient (Wildman–Crippen LogP) is 1.21. The molecule has 0 heterocycles. The molecule has 2 N–H and O–H groups in total. The SMILES string of the molecule is CN=NNNOc1ccc(F)cc1. The molecule has 0 aliphatic rings. The molecule has 6 heteroatoms. The summed E-state index contributed by atoms with van der Waals surface area (Å²) in [5.74, 6) is 0.161.